The first-order valence-corrected chi connectivity index (χ1v) is 11.7. The van der Waals surface area contributed by atoms with Crippen LogP contribution in [0, 0.1) is 5.82 Å². The molecule has 0 aliphatic carbocycles. The molecule has 0 saturated carbocycles. The summed E-state index contributed by atoms with van der Waals surface area (Å²) < 4.78 is 46.3. The van der Waals surface area contributed by atoms with E-state index in [1.807, 2.05) is 37.3 Å². The minimum atomic E-state index is -3.92. The van der Waals surface area contributed by atoms with Gasteiger partial charge in [-0.25, -0.2) is 12.8 Å². The van der Waals surface area contributed by atoms with Crippen molar-refractivity contribution in [3.8, 4) is 0 Å². The van der Waals surface area contributed by atoms with Gasteiger partial charge in [0.1, 0.15) is 5.82 Å². The Balaban J connectivity index is 1.50. The summed E-state index contributed by atoms with van der Waals surface area (Å²) in [6, 6.07) is 20.6. The minimum absolute atomic E-state index is 0.0394. The topological polar surface area (TPSA) is 84.5 Å². The minimum Gasteiger partial charge on any atom is -0.374 e. The van der Waals surface area contributed by atoms with Gasteiger partial charge >= 0.3 is 0 Å². The summed E-state index contributed by atoms with van der Waals surface area (Å²) in [5.74, 6) is -0.841. The molecule has 168 valence electrons. The third-order valence-electron chi connectivity index (χ3n) is 4.75. The van der Waals surface area contributed by atoms with Crippen molar-refractivity contribution in [1.82, 2.24) is 5.32 Å². The molecule has 0 aliphatic rings. The van der Waals surface area contributed by atoms with E-state index < -0.39 is 15.8 Å². The maximum atomic E-state index is 13.0. The molecule has 2 N–H and O–H groups in total. The number of ether oxygens (including phenoxy) is 1. The molecular weight excluding hydrogens is 431 g/mol. The smallest absolute Gasteiger partial charge is 0.261 e. The fraction of sp³-hybridized carbons (Fsp3) is 0.208. The van der Waals surface area contributed by atoms with E-state index in [9.17, 15) is 17.6 Å². The number of benzene rings is 3. The highest BCUT2D eigenvalue weighted by Crippen LogP contribution is 2.18. The number of carbonyl (C=O) groups is 1. The predicted octanol–water partition coefficient (Wildman–Crippen LogP) is 4.52. The van der Waals surface area contributed by atoms with Crippen LogP contribution in [0.1, 0.15) is 35.4 Å². The van der Waals surface area contributed by atoms with Crippen LogP contribution in [0.4, 0.5) is 10.1 Å². The first kappa shape index (κ1) is 23.4. The summed E-state index contributed by atoms with van der Waals surface area (Å²) in [6.45, 7) is 2.84. The highest BCUT2D eigenvalue weighted by molar-refractivity contribution is 7.92. The zero-order valence-corrected chi connectivity index (χ0v) is 18.4. The van der Waals surface area contributed by atoms with Gasteiger partial charge in [0.25, 0.3) is 15.9 Å². The number of anilines is 1. The van der Waals surface area contributed by atoms with Gasteiger partial charge in [-0.05, 0) is 61.4 Å². The highest BCUT2D eigenvalue weighted by Gasteiger charge is 2.16. The second-order valence-electron chi connectivity index (χ2n) is 7.17. The van der Waals surface area contributed by atoms with Gasteiger partial charge in [0, 0.05) is 24.4 Å². The Labute approximate surface area is 187 Å². The first-order valence-electron chi connectivity index (χ1n) is 10.2. The lowest BCUT2D eigenvalue weighted by Crippen LogP contribution is -2.25. The zero-order valence-electron chi connectivity index (χ0n) is 17.6. The Morgan fingerprint density at radius 3 is 2.44 bits per heavy atom. The van der Waals surface area contributed by atoms with Gasteiger partial charge in [-0.1, -0.05) is 36.4 Å². The zero-order chi connectivity index (χ0) is 23.0. The maximum Gasteiger partial charge on any atom is 0.261 e. The quantitative estimate of drug-likeness (QED) is 0.439. The van der Waals surface area contributed by atoms with Gasteiger partial charge in [-0.2, -0.15) is 0 Å². The van der Waals surface area contributed by atoms with Crippen molar-refractivity contribution >= 4 is 21.6 Å². The van der Waals surface area contributed by atoms with Crippen molar-refractivity contribution < 1.29 is 22.3 Å². The lowest BCUT2D eigenvalue weighted by atomic mass is 10.1. The van der Waals surface area contributed by atoms with Crippen LogP contribution < -0.4 is 10.0 Å². The van der Waals surface area contributed by atoms with Gasteiger partial charge in [0.15, 0.2) is 0 Å². The predicted molar refractivity (Wildman–Crippen MR) is 121 cm³/mol. The average molecular weight is 457 g/mol. The van der Waals surface area contributed by atoms with Gasteiger partial charge in [0.05, 0.1) is 11.0 Å². The molecule has 0 fully saturated rings. The number of halogens is 1. The summed E-state index contributed by atoms with van der Waals surface area (Å²) in [5.41, 5.74) is 1.54. The molecule has 3 rings (SSSR count). The van der Waals surface area contributed by atoms with Gasteiger partial charge < -0.3 is 10.1 Å². The summed E-state index contributed by atoms with van der Waals surface area (Å²) in [5, 5.41) is 2.77. The Kier molecular flexibility index (Phi) is 7.97. The van der Waals surface area contributed by atoms with E-state index in [0.717, 1.165) is 17.7 Å². The molecule has 0 radical (unpaired) electrons. The number of sulfonamides is 1. The summed E-state index contributed by atoms with van der Waals surface area (Å²) >= 11 is 0. The standard InChI is InChI=1S/C24H25FN2O4S/c1-18(19-7-3-2-4-8-19)31-16-6-15-26-24(28)20-9-5-10-23(17-20)32(29,30)27-22-13-11-21(25)12-14-22/h2-5,7-14,17-18,27H,6,15-16H2,1H3,(H,26,28). The van der Waals surface area contributed by atoms with Crippen LogP contribution in [-0.4, -0.2) is 27.5 Å². The molecule has 1 amide bonds. The van der Waals surface area contributed by atoms with Crippen LogP contribution in [0.5, 0.6) is 0 Å². The first-order chi connectivity index (χ1) is 15.3. The van der Waals surface area contributed by atoms with E-state index >= 15 is 0 Å². The highest BCUT2D eigenvalue weighted by atomic mass is 32.2. The number of carbonyl (C=O) groups excluding carboxylic acids is 1. The molecule has 0 heterocycles. The summed E-state index contributed by atoms with van der Waals surface area (Å²) in [6.07, 6.45) is 0.579. The molecule has 3 aromatic carbocycles. The fourth-order valence-electron chi connectivity index (χ4n) is 2.99. The molecular formula is C24H25FN2O4S. The molecule has 8 heteroatoms. The molecule has 0 aromatic heterocycles. The number of nitrogens with one attached hydrogen (secondary N) is 2. The van der Waals surface area contributed by atoms with E-state index in [4.69, 9.17) is 4.74 Å². The van der Waals surface area contributed by atoms with Crippen LogP contribution in [0.15, 0.2) is 83.8 Å². The second kappa shape index (κ2) is 10.9. The van der Waals surface area contributed by atoms with Crippen LogP contribution in [-0.2, 0) is 14.8 Å². The lowest BCUT2D eigenvalue weighted by Gasteiger charge is -2.13. The number of hydrogen-bond donors (Lipinski definition) is 2. The second-order valence-corrected chi connectivity index (χ2v) is 8.86. The van der Waals surface area contributed by atoms with E-state index in [-0.39, 0.29) is 28.2 Å². The van der Waals surface area contributed by atoms with Crippen molar-refractivity contribution in [1.29, 1.82) is 0 Å². The Bertz CT molecular complexity index is 1140. The molecule has 32 heavy (non-hydrogen) atoms. The average Bonchev–Trinajstić information content (AvgIpc) is 2.80. The Hall–Kier alpha value is -3.23. The van der Waals surface area contributed by atoms with Crippen molar-refractivity contribution in [2.75, 3.05) is 17.9 Å². The SMILES string of the molecule is CC(OCCCNC(=O)c1cccc(S(=O)(=O)Nc2ccc(F)cc2)c1)c1ccccc1. The van der Waals surface area contributed by atoms with Crippen molar-refractivity contribution in [3.63, 3.8) is 0 Å². The summed E-state index contributed by atoms with van der Waals surface area (Å²) in [7, 11) is -3.92. The largest absolute Gasteiger partial charge is 0.374 e. The van der Waals surface area contributed by atoms with E-state index in [1.165, 1.54) is 30.3 Å². The Morgan fingerprint density at radius 1 is 1.00 bits per heavy atom. The van der Waals surface area contributed by atoms with Crippen LogP contribution in [0.2, 0.25) is 0 Å². The summed E-state index contributed by atoms with van der Waals surface area (Å²) in [4.78, 5) is 12.4. The molecule has 6 nitrogen and oxygen atoms in total. The van der Waals surface area contributed by atoms with Gasteiger partial charge in [0.2, 0.25) is 0 Å². The lowest BCUT2D eigenvalue weighted by molar-refractivity contribution is 0.0635. The van der Waals surface area contributed by atoms with E-state index in [0.29, 0.717) is 19.6 Å². The van der Waals surface area contributed by atoms with Gasteiger partial charge in [-0.3, -0.25) is 9.52 Å². The normalized spacial score (nSPS) is 12.2. The fourth-order valence-corrected chi connectivity index (χ4v) is 4.10. The maximum absolute atomic E-state index is 13.0. The van der Waals surface area contributed by atoms with Crippen molar-refractivity contribution in [2.45, 2.75) is 24.3 Å². The monoisotopic (exact) mass is 456 g/mol. The Morgan fingerprint density at radius 2 is 1.72 bits per heavy atom. The van der Waals surface area contributed by atoms with Crippen LogP contribution in [0.25, 0.3) is 0 Å². The molecule has 1 atom stereocenters. The van der Waals surface area contributed by atoms with Crippen LogP contribution in [0.3, 0.4) is 0 Å². The molecule has 0 aliphatic heterocycles. The van der Waals surface area contributed by atoms with E-state index in [2.05, 4.69) is 10.0 Å². The van der Waals surface area contributed by atoms with Crippen molar-refractivity contribution in [3.05, 3.63) is 95.8 Å². The number of hydrogen-bond acceptors (Lipinski definition) is 4. The van der Waals surface area contributed by atoms with Gasteiger partial charge in [-0.15, -0.1) is 0 Å². The number of amides is 1. The molecule has 3 aromatic rings. The third-order valence-corrected chi connectivity index (χ3v) is 6.13. The molecule has 0 bridgehead atoms. The van der Waals surface area contributed by atoms with Crippen LogP contribution >= 0.6 is 0 Å². The third kappa shape index (κ3) is 6.63. The van der Waals surface area contributed by atoms with E-state index in [1.54, 1.807) is 6.07 Å². The van der Waals surface area contributed by atoms with Crippen molar-refractivity contribution in [2.24, 2.45) is 0 Å². The molecule has 0 spiro atoms. The molecule has 1 unspecified atom stereocenters. The number of rotatable bonds is 10. The molecule has 0 saturated heterocycles.